The highest BCUT2D eigenvalue weighted by Gasteiger charge is 1.97. The van der Waals surface area contributed by atoms with Gasteiger partial charge in [-0.3, -0.25) is 0 Å². The average Bonchev–Trinajstić information content (AvgIpc) is 2.98. The number of carbonyl (C=O) groups is 1. The minimum atomic E-state index is -0.935. The van der Waals surface area contributed by atoms with Crippen LogP contribution in [0.1, 0.15) is 239 Å². The van der Waals surface area contributed by atoms with Gasteiger partial charge in [-0.1, -0.05) is 239 Å². The van der Waals surface area contributed by atoms with Crippen LogP contribution in [0.25, 0.3) is 0 Å². The molecule has 0 rings (SSSR count). The lowest BCUT2D eigenvalue weighted by molar-refractivity contribution is -0.132. The third kappa shape index (κ3) is 43.7. The molecule has 0 aromatic carbocycles. The highest BCUT2D eigenvalue weighted by atomic mass is 16.4. The Morgan fingerprint density at radius 3 is 0.524 bits per heavy atom. The maximum atomic E-state index is 9.60. The van der Waals surface area contributed by atoms with E-state index < -0.39 is 5.97 Å². The molecule has 0 amide bonds. The SMILES string of the molecule is C=C(C)C(=O)O.CCCCCCCCCCCCCCCCCCCCCCCCCCCCCCCCCCCC. The molecule has 1 N–H and O–H groups in total. The monoisotopic (exact) mass is 593 g/mol. The molecule has 0 heterocycles. The van der Waals surface area contributed by atoms with Gasteiger partial charge < -0.3 is 5.11 Å². The Bertz CT molecular complexity index is 466. The van der Waals surface area contributed by atoms with Gasteiger partial charge in [-0.25, -0.2) is 4.79 Å². The van der Waals surface area contributed by atoms with Crippen molar-refractivity contribution in [3.63, 3.8) is 0 Å². The Morgan fingerprint density at radius 1 is 0.357 bits per heavy atom. The average molecular weight is 593 g/mol. The van der Waals surface area contributed by atoms with E-state index >= 15 is 0 Å². The summed E-state index contributed by atoms with van der Waals surface area (Å²) in [6.07, 6.45) is 50.4. The van der Waals surface area contributed by atoms with E-state index in [9.17, 15) is 4.79 Å². The zero-order chi connectivity index (χ0) is 31.2. The van der Waals surface area contributed by atoms with Gasteiger partial charge in [0.1, 0.15) is 0 Å². The van der Waals surface area contributed by atoms with E-state index in [0.717, 1.165) is 0 Å². The molecular weight excluding hydrogens is 512 g/mol. The fourth-order valence-corrected chi connectivity index (χ4v) is 5.80. The second kappa shape index (κ2) is 40.2. The summed E-state index contributed by atoms with van der Waals surface area (Å²) in [7, 11) is 0. The number of carboxylic acid groups (broad SMARTS) is 1. The molecule has 0 atom stereocenters. The number of hydrogen-bond acceptors (Lipinski definition) is 1. The van der Waals surface area contributed by atoms with Crippen LogP contribution in [-0.4, -0.2) is 11.1 Å². The van der Waals surface area contributed by atoms with Crippen LogP contribution in [0.15, 0.2) is 12.2 Å². The lowest BCUT2D eigenvalue weighted by atomic mass is 10.0. The molecule has 0 aliphatic rings. The van der Waals surface area contributed by atoms with Gasteiger partial charge in [0.25, 0.3) is 0 Å². The molecule has 0 radical (unpaired) electrons. The van der Waals surface area contributed by atoms with Gasteiger partial charge in [-0.2, -0.15) is 0 Å². The standard InChI is InChI=1S/C36H74.C4H6O2/c1-3-5-7-9-11-13-15-17-19-21-23-25-27-29-31-33-35-36-34-32-30-28-26-24-22-20-18-16-14-12-10-8-6-4-2;1-3(2)4(5)6/h3-36H2,1-2H3;1H2,2H3,(H,5,6). The number of unbranched alkanes of at least 4 members (excludes halogenated alkanes) is 33. The van der Waals surface area contributed by atoms with Crippen molar-refractivity contribution in [2.45, 2.75) is 239 Å². The normalized spacial score (nSPS) is 10.9. The number of rotatable bonds is 34. The molecule has 42 heavy (non-hydrogen) atoms. The maximum absolute atomic E-state index is 9.60. The summed E-state index contributed by atoms with van der Waals surface area (Å²) in [4.78, 5) is 9.60. The van der Waals surface area contributed by atoms with Crippen LogP contribution in [-0.2, 0) is 4.79 Å². The fourth-order valence-electron chi connectivity index (χ4n) is 5.80. The summed E-state index contributed by atoms with van der Waals surface area (Å²) in [5.41, 5.74) is 0.176. The Hall–Kier alpha value is -0.790. The van der Waals surface area contributed by atoms with E-state index in [1.54, 1.807) is 0 Å². The van der Waals surface area contributed by atoms with Gasteiger partial charge in [-0.15, -0.1) is 0 Å². The number of carboxylic acids is 1. The Labute approximate surface area is 266 Å². The van der Waals surface area contributed by atoms with E-state index in [0.29, 0.717) is 0 Å². The molecule has 0 bridgehead atoms. The van der Waals surface area contributed by atoms with E-state index in [-0.39, 0.29) is 5.57 Å². The third-order valence-corrected chi connectivity index (χ3v) is 8.82. The molecule has 0 aliphatic carbocycles. The summed E-state index contributed by atoms with van der Waals surface area (Å²) in [6.45, 7) is 9.22. The molecule has 0 unspecified atom stereocenters. The Balaban J connectivity index is 0. The molecule has 0 aromatic rings. The second-order valence-electron chi connectivity index (χ2n) is 13.4. The molecule has 2 heteroatoms. The van der Waals surface area contributed by atoms with Crippen molar-refractivity contribution in [3.8, 4) is 0 Å². The molecule has 0 fully saturated rings. The molecule has 2 nitrogen and oxygen atoms in total. The van der Waals surface area contributed by atoms with Crippen molar-refractivity contribution in [2.75, 3.05) is 0 Å². The minimum absolute atomic E-state index is 0.176. The highest BCUT2D eigenvalue weighted by Crippen LogP contribution is 2.17. The van der Waals surface area contributed by atoms with Crippen molar-refractivity contribution in [2.24, 2.45) is 0 Å². The zero-order valence-corrected chi connectivity index (χ0v) is 29.6. The molecule has 0 aromatic heterocycles. The van der Waals surface area contributed by atoms with E-state index in [2.05, 4.69) is 20.4 Å². The first-order chi connectivity index (χ1) is 20.6. The lowest BCUT2D eigenvalue weighted by Crippen LogP contribution is -1.92. The topological polar surface area (TPSA) is 37.3 Å². The second-order valence-corrected chi connectivity index (χ2v) is 13.4. The van der Waals surface area contributed by atoms with Gasteiger partial charge in [0.15, 0.2) is 0 Å². The van der Waals surface area contributed by atoms with Crippen LogP contribution in [0.4, 0.5) is 0 Å². The third-order valence-electron chi connectivity index (χ3n) is 8.82. The minimum Gasteiger partial charge on any atom is -0.478 e. The largest absolute Gasteiger partial charge is 0.478 e. The summed E-state index contributed by atoms with van der Waals surface area (Å²) < 4.78 is 0. The molecule has 0 aliphatic heterocycles. The lowest BCUT2D eigenvalue weighted by Gasteiger charge is -2.05. The van der Waals surface area contributed by atoms with Gasteiger partial charge >= 0.3 is 5.97 Å². The van der Waals surface area contributed by atoms with Gasteiger partial charge in [0.2, 0.25) is 0 Å². The predicted molar refractivity (Wildman–Crippen MR) is 191 cm³/mol. The summed E-state index contributed by atoms with van der Waals surface area (Å²) >= 11 is 0. The van der Waals surface area contributed by atoms with E-state index in [4.69, 9.17) is 5.11 Å². The van der Waals surface area contributed by atoms with Crippen LogP contribution >= 0.6 is 0 Å². The van der Waals surface area contributed by atoms with E-state index in [1.165, 1.54) is 225 Å². The van der Waals surface area contributed by atoms with Crippen molar-refractivity contribution < 1.29 is 9.90 Å². The van der Waals surface area contributed by atoms with Gasteiger partial charge in [-0.05, 0) is 6.92 Å². The zero-order valence-electron chi connectivity index (χ0n) is 29.6. The molecular formula is C40H80O2. The van der Waals surface area contributed by atoms with Crippen LogP contribution in [0, 0.1) is 0 Å². The van der Waals surface area contributed by atoms with Crippen molar-refractivity contribution in [1.29, 1.82) is 0 Å². The Morgan fingerprint density at radius 2 is 0.452 bits per heavy atom. The summed E-state index contributed by atoms with van der Waals surface area (Å²) in [5.74, 6) is -0.935. The first kappa shape index (κ1) is 43.3. The van der Waals surface area contributed by atoms with Crippen molar-refractivity contribution in [1.82, 2.24) is 0 Å². The first-order valence-corrected chi connectivity index (χ1v) is 19.4. The van der Waals surface area contributed by atoms with Gasteiger partial charge in [0.05, 0.1) is 0 Å². The van der Waals surface area contributed by atoms with Crippen molar-refractivity contribution in [3.05, 3.63) is 12.2 Å². The molecule has 0 saturated carbocycles. The number of hydrogen-bond donors (Lipinski definition) is 1. The summed E-state index contributed by atoms with van der Waals surface area (Å²) in [6, 6.07) is 0. The van der Waals surface area contributed by atoms with Crippen LogP contribution < -0.4 is 0 Å². The predicted octanol–water partition coefficient (Wildman–Crippen LogP) is 14.9. The van der Waals surface area contributed by atoms with Crippen LogP contribution in [0.2, 0.25) is 0 Å². The highest BCUT2D eigenvalue weighted by molar-refractivity contribution is 5.84. The van der Waals surface area contributed by atoms with E-state index in [1.807, 2.05) is 0 Å². The number of aliphatic carboxylic acids is 1. The summed E-state index contributed by atoms with van der Waals surface area (Å²) in [5, 5.41) is 7.89. The maximum Gasteiger partial charge on any atom is 0.330 e. The Kier molecular flexibility index (Phi) is 41.5. The van der Waals surface area contributed by atoms with Crippen molar-refractivity contribution >= 4 is 5.97 Å². The molecule has 0 spiro atoms. The quantitative estimate of drug-likeness (QED) is 0.0596. The smallest absolute Gasteiger partial charge is 0.330 e. The molecule has 0 saturated heterocycles. The van der Waals surface area contributed by atoms with Gasteiger partial charge in [0, 0.05) is 5.57 Å². The van der Waals surface area contributed by atoms with Crippen LogP contribution in [0.3, 0.4) is 0 Å². The first-order valence-electron chi connectivity index (χ1n) is 19.4. The molecule has 252 valence electrons. The fraction of sp³-hybridized carbons (Fsp3) is 0.925. The van der Waals surface area contributed by atoms with Crippen LogP contribution in [0.5, 0.6) is 0 Å².